The third-order valence-corrected chi connectivity index (χ3v) is 5.23. The number of thiophene rings is 1. The van der Waals surface area contributed by atoms with Crippen molar-refractivity contribution in [2.45, 2.75) is 18.1 Å². The fraction of sp³-hybridized carbons (Fsp3) is 0.188. The van der Waals surface area contributed by atoms with E-state index in [0.29, 0.717) is 10.9 Å². The van der Waals surface area contributed by atoms with E-state index in [2.05, 4.69) is 15.5 Å². The number of nitrogens with zero attached hydrogens (tertiary/aromatic N) is 3. The Labute approximate surface area is 142 Å². The fourth-order valence-electron chi connectivity index (χ4n) is 2.11. The van der Waals surface area contributed by atoms with Crippen molar-refractivity contribution in [3.63, 3.8) is 0 Å². The van der Waals surface area contributed by atoms with Crippen LogP contribution in [0.5, 0.6) is 0 Å². The monoisotopic (exact) mass is 344 g/mol. The molecular formula is C16H16N4OS2. The summed E-state index contributed by atoms with van der Waals surface area (Å²) in [5, 5.41) is 13.7. The third-order valence-electron chi connectivity index (χ3n) is 3.23. The molecule has 0 radical (unpaired) electrons. The van der Waals surface area contributed by atoms with Crippen LogP contribution in [0.1, 0.15) is 17.8 Å². The lowest BCUT2D eigenvalue weighted by atomic mass is 10.3. The highest BCUT2D eigenvalue weighted by atomic mass is 32.2. The van der Waals surface area contributed by atoms with E-state index < -0.39 is 0 Å². The van der Waals surface area contributed by atoms with Crippen LogP contribution < -0.4 is 5.32 Å². The van der Waals surface area contributed by atoms with E-state index in [4.69, 9.17) is 0 Å². The minimum atomic E-state index is -0.0153. The van der Waals surface area contributed by atoms with Gasteiger partial charge in [-0.3, -0.25) is 9.36 Å². The molecule has 0 saturated carbocycles. The van der Waals surface area contributed by atoms with Gasteiger partial charge in [0.25, 0.3) is 0 Å². The maximum Gasteiger partial charge on any atom is 0.230 e. The Hall–Kier alpha value is -2.12. The number of thioether (sulfide) groups is 1. The first kappa shape index (κ1) is 15.8. The third kappa shape index (κ3) is 4.00. The van der Waals surface area contributed by atoms with E-state index in [-0.39, 0.29) is 11.9 Å². The van der Waals surface area contributed by atoms with E-state index in [1.54, 1.807) is 17.7 Å². The maximum atomic E-state index is 12.1. The van der Waals surface area contributed by atoms with Gasteiger partial charge in [0.05, 0.1) is 11.8 Å². The SMILES string of the molecule is C[C@H](NC(=O)CSc1nncn1-c1ccccc1)c1cccs1. The van der Waals surface area contributed by atoms with Crippen molar-refractivity contribution >= 4 is 29.0 Å². The van der Waals surface area contributed by atoms with Gasteiger partial charge in [0.15, 0.2) is 5.16 Å². The Morgan fingerprint density at radius 3 is 2.87 bits per heavy atom. The van der Waals surface area contributed by atoms with Gasteiger partial charge >= 0.3 is 0 Å². The van der Waals surface area contributed by atoms with Gasteiger partial charge < -0.3 is 5.32 Å². The van der Waals surface area contributed by atoms with Gasteiger partial charge in [0.2, 0.25) is 5.91 Å². The molecule has 0 saturated heterocycles. The highest BCUT2D eigenvalue weighted by Gasteiger charge is 2.13. The van der Waals surface area contributed by atoms with Crippen LogP contribution in [0.25, 0.3) is 5.69 Å². The average Bonchev–Trinajstić information content (AvgIpc) is 3.25. The number of para-hydroxylation sites is 1. The number of amides is 1. The molecule has 1 N–H and O–H groups in total. The largest absolute Gasteiger partial charge is 0.348 e. The molecule has 0 aliphatic rings. The van der Waals surface area contributed by atoms with Crippen LogP contribution in [0.15, 0.2) is 59.3 Å². The molecule has 2 heterocycles. The van der Waals surface area contributed by atoms with Gasteiger partial charge in [-0.05, 0) is 30.5 Å². The first-order chi connectivity index (χ1) is 11.2. The Bertz CT molecular complexity index is 756. The van der Waals surface area contributed by atoms with E-state index >= 15 is 0 Å². The number of benzene rings is 1. The predicted octanol–water partition coefficient (Wildman–Crippen LogP) is 3.30. The van der Waals surface area contributed by atoms with Crippen molar-refractivity contribution in [1.29, 1.82) is 0 Å². The van der Waals surface area contributed by atoms with Gasteiger partial charge in [0, 0.05) is 10.6 Å². The Morgan fingerprint density at radius 2 is 2.13 bits per heavy atom. The predicted molar refractivity (Wildman–Crippen MR) is 93.0 cm³/mol. The highest BCUT2D eigenvalue weighted by molar-refractivity contribution is 7.99. The van der Waals surface area contributed by atoms with E-state index in [1.807, 2.05) is 59.3 Å². The normalized spacial score (nSPS) is 12.0. The molecule has 1 amide bonds. The molecule has 1 aromatic carbocycles. The number of aromatic nitrogens is 3. The topological polar surface area (TPSA) is 59.8 Å². The fourth-order valence-corrected chi connectivity index (χ4v) is 3.59. The van der Waals surface area contributed by atoms with Crippen LogP contribution in [0, 0.1) is 0 Å². The molecule has 3 rings (SSSR count). The van der Waals surface area contributed by atoms with Crippen LogP contribution in [-0.2, 0) is 4.79 Å². The number of hydrogen-bond acceptors (Lipinski definition) is 5. The Kier molecular flexibility index (Phi) is 5.09. The van der Waals surface area contributed by atoms with Crippen molar-refractivity contribution in [1.82, 2.24) is 20.1 Å². The van der Waals surface area contributed by atoms with Crippen LogP contribution in [-0.4, -0.2) is 26.4 Å². The lowest BCUT2D eigenvalue weighted by molar-refractivity contribution is -0.119. The highest BCUT2D eigenvalue weighted by Crippen LogP contribution is 2.21. The second kappa shape index (κ2) is 7.43. The molecule has 1 atom stereocenters. The zero-order valence-electron chi connectivity index (χ0n) is 12.5. The Balaban J connectivity index is 1.59. The van der Waals surface area contributed by atoms with Crippen LogP contribution in [0.2, 0.25) is 0 Å². The molecule has 2 aromatic heterocycles. The summed E-state index contributed by atoms with van der Waals surface area (Å²) in [4.78, 5) is 13.3. The maximum absolute atomic E-state index is 12.1. The second-order valence-electron chi connectivity index (χ2n) is 4.91. The van der Waals surface area contributed by atoms with E-state index in [9.17, 15) is 4.79 Å². The molecule has 0 spiro atoms. The van der Waals surface area contributed by atoms with E-state index in [0.717, 1.165) is 10.6 Å². The number of rotatable bonds is 6. The summed E-state index contributed by atoms with van der Waals surface area (Å²) < 4.78 is 1.88. The van der Waals surface area contributed by atoms with Gasteiger partial charge in [-0.25, -0.2) is 0 Å². The summed E-state index contributed by atoms with van der Waals surface area (Å²) in [6.07, 6.45) is 1.66. The molecule has 0 fully saturated rings. The van der Waals surface area contributed by atoms with Crippen molar-refractivity contribution < 1.29 is 4.79 Å². The first-order valence-corrected chi connectivity index (χ1v) is 9.01. The van der Waals surface area contributed by atoms with Gasteiger partial charge in [-0.1, -0.05) is 36.0 Å². The molecule has 0 unspecified atom stereocenters. The van der Waals surface area contributed by atoms with Crippen molar-refractivity contribution in [3.05, 3.63) is 59.0 Å². The molecule has 0 aliphatic carbocycles. The molecule has 23 heavy (non-hydrogen) atoms. The first-order valence-electron chi connectivity index (χ1n) is 7.15. The lowest BCUT2D eigenvalue weighted by Crippen LogP contribution is -2.27. The molecule has 0 bridgehead atoms. The second-order valence-corrected chi connectivity index (χ2v) is 6.83. The quantitative estimate of drug-likeness (QED) is 0.697. The van der Waals surface area contributed by atoms with Crippen molar-refractivity contribution in [2.75, 3.05) is 5.75 Å². The van der Waals surface area contributed by atoms with Gasteiger partial charge in [0.1, 0.15) is 6.33 Å². The molecule has 5 nitrogen and oxygen atoms in total. The lowest BCUT2D eigenvalue weighted by Gasteiger charge is -2.12. The molecule has 7 heteroatoms. The zero-order chi connectivity index (χ0) is 16.1. The van der Waals surface area contributed by atoms with Crippen LogP contribution in [0.4, 0.5) is 0 Å². The summed E-state index contributed by atoms with van der Waals surface area (Å²) in [5.74, 6) is 0.292. The molecule has 0 aliphatic heterocycles. The van der Waals surface area contributed by atoms with Crippen molar-refractivity contribution in [2.24, 2.45) is 0 Å². The Morgan fingerprint density at radius 1 is 1.30 bits per heavy atom. The average molecular weight is 344 g/mol. The van der Waals surface area contributed by atoms with Crippen LogP contribution >= 0.6 is 23.1 Å². The number of nitrogens with one attached hydrogen (secondary N) is 1. The number of carbonyl (C=O) groups excluding carboxylic acids is 1. The van der Waals surface area contributed by atoms with Crippen molar-refractivity contribution in [3.8, 4) is 5.69 Å². The molecule has 118 valence electrons. The smallest absolute Gasteiger partial charge is 0.230 e. The summed E-state index contributed by atoms with van der Waals surface area (Å²) >= 11 is 3.02. The van der Waals surface area contributed by atoms with Crippen LogP contribution in [0.3, 0.4) is 0 Å². The summed E-state index contributed by atoms with van der Waals surface area (Å²) in [5.41, 5.74) is 0.979. The zero-order valence-corrected chi connectivity index (χ0v) is 14.2. The number of carbonyl (C=O) groups is 1. The molecular weight excluding hydrogens is 328 g/mol. The molecule has 3 aromatic rings. The standard InChI is InChI=1S/C16H16N4OS2/c1-12(14-8-5-9-22-14)18-15(21)10-23-16-19-17-11-20(16)13-6-3-2-4-7-13/h2-9,11-12H,10H2,1H3,(H,18,21)/t12-/m0/s1. The summed E-state index contributed by atoms with van der Waals surface area (Å²) in [6, 6.07) is 13.9. The number of hydrogen-bond donors (Lipinski definition) is 1. The minimum absolute atomic E-state index is 0.0153. The minimum Gasteiger partial charge on any atom is -0.348 e. The van der Waals surface area contributed by atoms with E-state index in [1.165, 1.54) is 11.8 Å². The summed E-state index contributed by atoms with van der Waals surface area (Å²) in [6.45, 7) is 1.99. The van der Waals surface area contributed by atoms with Gasteiger partial charge in [-0.2, -0.15) is 0 Å². The van der Waals surface area contributed by atoms with Gasteiger partial charge in [-0.15, -0.1) is 21.5 Å². The summed E-state index contributed by atoms with van der Waals surface area (Å²) in [7, 11) is 0.